The highest BCUT2D eigenvalue weighted by Gasteiger charge is 2.09. The highest BCUT2D eigenvalue weighted by molar-refractivity contribution is 9.10. The Morgan fingerprint density at radius 2 is 1.32 bits per heavy atom. The molecule has 4 rings (SSSR count). The van der Waals surface area contributed by atoms with E-state index in [9.17, 15) is 0 Å². The van der Waals surface area contributed by atoms with E-state index in [0.717, 1.165) is 8.95 Å². The maximum absolute atomic E-state index is 3.65. The van der Waals surface area contributed by atoms with E-state index in [0.29, 0.717) is 0 Å². The normalized spacial score (nSPS) is 11.2. The fraction of sp³-hybridized carbons (Fsp3) is 0. The number of benzene rings is 4. The van der Waals surface area contributed by atoms with Crippen molar-refractivity contribution in [3.63, 3.8) is 0 Å². The van der Waals surface area contributed by atoms with Crippen LogP contribution in [0.4, 0.5) is 0 Å². The largest absolute Gasteiger partial charge is 0.0616 e. The highest BCUT2D eigenvalue weighted by Crippen LogP contribution is 2.36. The molecular formula is C20H12Br2. The van der Waals surface area contributed by atoms with Gasteiger partial charge in [-0.3, -0.25) is 0 Å². The van der Waals surface area contributed by atoms with Crippen molar-refractivity contribution in [1.29, 1.82) is 0 Å². The Morgan fingerprint density at radius 1 is 0.500 bits per heavy atom. The van der Waals surface area contributed by atoms with Crippen molar-refractivity contribution in [2.75, 3.05) is 0 Å². The number of hydrogen-bond acceptors (Lipinski definition) is 0. The quantitative estimate of drug-likeness (QED) is 0.311. The molecule has 0 aromatic heterocycles. The summed E-state index contributed by atoms with van der Waals surface area (Å²) in [7, 11) is 0. The van der Waals surface area contributed by atoms with Crippen molar-refractivity contribution in [1.82, 2.24) is 0 Å². The molecule has 0 spiro atoms. The van der Waals surface area contributed by atoms with Crippen LogP contribution in [0.2, 0.25) is 0 Å². The predicted molar refractivity (Wildman–Crippen MR) is 102 cm³/mol. The van der Waals surface area contributed by atoms with Crippen molar-refractivity contribution in [3.8, 4) is 11.1 Å². The van der Waals surface area contributed by atoms with Crippen molar-refractivity contribution >= 4 is 53.4 Å². The SMILES string of the molecule is Brc1cc(-c2cccc3ccc(Br)cc23)c2ccccc2c1. The van der Waals surface area contributed by atoms with Gasteiger partial charge >= 0.3 is 0 Å². The van der Waals surface area contributed by atoms with Crippen LogP contribution in [-0.2, 0) is 0 Å². The molecule has 0 saturated heterocycles. The second-order valence-corrected chi connectivity index (χ2v) is 7.18. The average molecular weight is 412 g/mol. The van der Waals surface area contributed by atoms with Crippen LogP contribution in [-0.4, -0.2) is 0 Å². The number of hydrogen-bond donors (Lipinski definition) is 0. The van der Waals surface area contributed by atoms with Crippen LogP contribution in [0.5, 0.6) is 0 Å². The molecule has 0 radical (unpaired) electrons. The van der Waals surface area contributed by atoms with E-state index in [1.165, 1.54) is 32.7 Å². The average Bonchev–Trinajstić information content (AvgIpc) is 2.53. The number of fused-ring (bicyclic) bond motifs is 2. The highest BCUT2D eigenvalue weighted by atomic mass is 79.9. The molecule has 0 aliphatic rings. The molecule has 4 aromatic carbocycles. The van der Waals surface area contributed by atoms with Gasteiger partial charge in [-0.2, -0.15) is 0 Å². The minimum atomic E-state index is 1.10. The summed E-state index contributed by atoms with van der Waals surface area (Å²) in [6.45, 7) is 0. The van der Waals surface area contributed by atoms with Crippen molar-refractivity contribution in [2.24, 2.45) is 0 Å². The summed E-state index contributed by atoms with van der Waals surface area (Å²) in [6.07, 6.45) is 0. The molecule has 0 atom stereocenters. The molecule has 2 heteroatoms. The van der Waals surface area contributed by atoms with E-state index in [4.69, 9.17) is 0 Å². The van der Waals surface area contributed by atoms with Crippen LogP contribution < -0.4 is 0 Å². The van der Waals surface area contributed by atoms with Gasteiger partial charge in [0.25, 0.3) is 0 Å². The lowest BCUT2D eigenvalue weighted by molar-refractivity contribution is 1.65. The maximum Gasteiger partial charge on any atom is 0.0187 e. The molecular weight excluding hydrogens is 400 g/mol. The van der Waals surface area contributed by atoms with Gasteiger partial charge in [-0.05, 0) is 56.9 Å². The van der Waals surface area contributed by atoms with Gasteiger partial charge in [-0.1, -0.05) is 80.4 Å². The fourth-order valence-electron chi connectivity index (χ4n) is 2.98. The lowest BCUT2D eigenvalue weighted by Crippen LogP contribution is -1.85. The fourth-order valence-corrected chi connectivity index (χ4v) is 3.81. The minimum absolute atomic E-state index is 1.10. The Morgan fingerprint density at radius 3 is 2.23 bits per heavy atom. The number of halogens is 2. The summed E-state index contributed by atoms with van der Waals surface area (Å²) >= 11 is 7.24. The zero-order chi connectivity index (χ0) is 15.1. The Hall–Kier alpha value is -1.64. The van der Waals surface area contributed by atoms with Crippen LogP contribution in [0.15, 0.2) is 81.7 Å². The first-order chi connectivity index (χ1) is 10.7. The van der Waals surface area contributed by atoms with Crippen LogP contribution in [0.1, 0.15) is 0 Å². The first kappa shape index (κ1) is 14.0. The predicted octanol–water partition coefficient (Wildman–Crippen LogP) is 7.19. The van der Waals surface area contributed by atoms with Crippen LogP contribution in [0.25, 0.3) is 32.7 Å². The van der Waals surface area contributed by atoms with Crippen LogP contribution in [0, 0.1) is 0 Å². The monoisotopic (exact) mass is 410 g/mol. The molecule has 0 fully saturated rings. The van der Waals surface area contributed by atoms with Gasteiger partial charge in [0.2, 0.25) is 0 Å². The summed E-state index contributed by atoms with van der Waals surface area (Å²) in [5, 5.41) is 5.04. The van der Waals surface area contributed by atoms with E-state index < -0.39 is 0 Å². The summed E-state index contributed by atoms with van der Waals surface area (Å²) in [6, 6.07) is 25.8. The molecule has 0 aliphatic carbocycles. The molecule has 0 amide bonds. The third-order valence-electron chi connectivity index (χ3n) is 3.96. The van der Waals surface area contributed by atoms with Gasteiger partial charge in [0.1, 0.15) is 0 Å². The Balaban J connectivity index is 2.14. The second kappa shape index (κ2) is 5.53. The smallest absolute Gasteiger partial charge is 0.0187 e. The first-order valence-electron chi connectivity index (χ1n) is 7.09. The molecule has 0 heterocycles. The first-order valence-corrected chi connectivity index (χ1v) is 8.68. The Labute approximate surface area is 146 Å². The molecule has 0 unspecified atom stereocenters. The molecule has 0 aliphatic heterocycles. The van der Waals surface area contributed by atoms with Gasteiger partial charge in [-0.15, -0.1) is 0 Å². The van der Waals surface area contributed by atoms with E-state index >= 15 is 0 Å². The van der Waals surface area contributed by atoms with E-state index in [1.807, 2.05) is 0 Å². The summed E-state index contributed by atoms with van der Waals surface area (Å²) in [5.41, 5.74) is 2.52. The molecule has 22 heavy (non-hydrogen) atoms. The van der Waals surface area contributed by atoms with Crippen molar-refractivity contribution in [2.45, 2.75) is 0 Å². The van der Waals surface area contributed by atoms with Gasteiger partial charge in [0.15, 0.2) is 0 Å². The minimum Gasteiger partial charge on any atom is -0.0616 e. The lowest BCUT2D eigenvalue weighted by atomic mass is 9.94. The standard InChI is InChI=1S/C20H12Br2/c21-15-9-8-13-5-3-7-18(19(13)11-15)20-12-16(22)10-14-4-1-2-6-17(14)20/h1-12H. The lowest BCUT2D eigenvalue weighted by Gasteiger charge is -2.11. The van der Waals surface area contributed by atoms with E-state index in [2.05, 4.69) is 105 Å². The maximum atomic E-state index is 3.65. The van der Waals surface area contributed by atoms with Gasteiger partial charge in [0.05, 0.1) is 0 Å². The molecule has 4 aromatic rings. The van der Waals surface area contributed by atoms with Crippen molar-refractivity contribution < 1.29 is 0 Å². The molecule has 0 N–H and O–H groups in total. The third-order valence-corrected chi connectivity index (χ3v) is 4.91. The molecule has 106 valence electrons. The Bertz CT molecular complexity index is 1000. The van der Waals surface area contributed by atoms with Gasteiger partial charge in [0, 0.05) is 8.95 Å². The number of rotatable bonds is 1. The summed E-state index contributed by atoms with van der Waals surface area (Å²) in [4.78, 5) is 0. The third kappa shape index (κ3) is 2.37. The van der Waals surface area contributed by atoms with E-state index in [-0.39, 0.29) is 0 Å². The molecule has 0 saturated carbocycles. The second-order valence-electron chi connectivity index (χ2n) is 5.35. The summed E-state index contributed by atoms with van der Waals surface area (Å²) < 4.78 is 2.21. The van der Waals surface area contributed by atoms with Gasteiger partial charge < -0.3 is 0 Å². The molecule has 0 bridgehead atoms. The van der Waals surface area contributed by atoms with Crippen LogP contribution >= 0.6 is 31.9 Å². The Kier molecular flexibility index (Phi) is 3.51. The topological polar surface area (TPSA) is 0 Å². The van der Waals surface area contributed by atoms with Crippen LogP contribution in [0.3, 0.4) is 0 Å². The van der Waals surface area contributed by atoms with Crippen molar-refractivity contribution in [3.05, 3.63) is 81.7 Å². The van der Waals surface area contributed by atoms with E-state index in [1.54, 1.807) is 0 Å². The zero-order valence-electron chi connectivity index (χ0n) is 11.7. The molecule has 0 nitrogen and oxygen atoms in total. The zero-order valence-corrected chi connectivity index (χ0v) is 14.9. The summed E-state index contributed by atoms with van der Waals surface area (Å²) in [5.74, 6) is 0. The van der Waals surface area contributed by atoms with Gasteiger partial charge in [-0.25, -0.2) is 0 Å².